The molecular weight excluding hydrogens is 765 g/mol. The first-order valence-electron chi connectivity index (χ1n) is 17.6. The van der Waals surface area contributed by atoms with Gasteiger partial charge < -0.3 is 24.8 Å². The fraction of sp³-hybridized carbons (Fsp3) is 0.244. The minimum absolute atomic E-state index is 0.000863. The van der Waals surface area contributed by atoms with Crippen LogP contribution in [0, 0.1) is 23.7 Å². The molecule has 286 valence electrons. The molecule has 0 bridgehead atoms. The first kappa shape index (κ1) is 36.9. The summed E-state index contributed by atoms with van der Waals surface area (Å²) in [7, 11) is 2.92. The number of phenolic OH excluding ortho intramolecular Hbond substituents is 1. The van der Waals surface area contributed by atoms with Gasteiger partial charge in [-0.25, -0.2) is 9.69 Å². The van der Waals surface area contributed by atoms with Crippen LogP contribution in [0.15, 0.2) is 90.5 Å². The summed E-state index contributed by atoms with van der Waals surface area (Å²) in [6.45, 7) is 0. The molecule has 6 atom stereocenters. The second kappa shape index (κ2) is 13.6. The molecule has 0 spiro atoms. The molecule has 13 nitrogen and oxygen atoms in total. The number of carbonyl (C=O) groups is 5. The van der Waals surface area contributed by atoms with E-state index in [9.17, 15) is 34.5 Å². The van der Waals surface area contributed by atoms with E-state index < -0.39 is 75.9 Å². The predicted octanol–water partition coefficient (Wildman–Crippen LogP) is 6.31. The fourth-order valence-corrected chi connectivity index (χ4v) is 9.67. The molecule has 8 rings (SSSR count). The third-order valence-electron chi connectivity index (χ3n) is 11.6. The van der Waals surface area contributed by atoms with Gasteiger partial charge in [0, 0.05) is 28.6 Å². The number of carboxylic acid groups (broad SMARTS) is 1. The lowest BCUT2D eigenvalue weighted by Crippen LogP contribution is -2.53. The van der Waals surface area contributed by atoms with Crippen molar-refractivity contribution in [3.05, 3.63) is 117 Å². The van der Waals surface area contributed by atoms with Crippen molar-refractivity contribution in [3.8, 4) is 23.0 Å². The van der Waals surface area contributed by atoms with E-state index >= 15 is 4.79 Å². The second-order valence-corrected chi connectivity index (χ2v) is 15.0. The smallest absolute Gasteiger partial charge is 0.339 e. The number of nitrogens with one attached hydrogen (secondary N) is 1. The molecule has 0 unspecified atom stereocenters. The molecule has 15 heteroatoms. The number of fused-ring (bicyclic) bond motifs is 4. The molecule has 0 radical (unpaired) electrons. The lowest BCUT2D eigenvalue weighted by Gasteiger charge is -2.50. The maximum atomic E-state index is 15.5. The van der Waals surface area contributed by atoms with Crippen LogP contribution in [-0.4, -0.2) is 64.1 Å². The van der Waals surface area contributed by atoms with Crippen LogP contribution < -0.4 is 19.8 Å². The number of nitrogens with zero attached hydrogens (tertiary/aromatic N) is 2. The van der Waals surface area contributed by atoms with Gasteiger partial charge >= 0.3 is 5.97 Å². The average molecular weight is 799 g/mol. The van der Waals surface area contributed by atoms with Crippen LogP contribution >= 0.6 is 23.2 Å². The maximum absolute atomic E-state index is 15.5. The van der Waals surface area contributed by atoms with Gasteiger partial charge in [0.1, 0.15) is 28.6 Å². The highest BCUT2D eigenvalue weighted by Crippen LogP contribution is 2.65. The van der Waals surface area contributed by atoms with E-state index in [4.69, 9.17) is 32.7 Å². The topological polar surface area (TPSA) is 183 Å². The molecule has 2 aliphatic heterocycles. The second-order valence-electron chi connectivity index (χ2n) is 14.2. The summed E-state index contributed by atoms with van der Waals surface area (Å²) in [6, 6.07) is 19.3. The van der Waals surface area contributed by atoms with Gasteiger partial charge in [-0.05, 0) is 72.9 Å². The number of anilines is 2. The number of aromatic hydroxyl groups is 2. The van der Waals surface area contributed by atoms with Crippen molar-refractivity contribution in [1.82, 2.24) is 5.01 Å². The molecule has 1 saturated carbocycles. The van der Waals surface area contributed by atoms with Crippen molar-refractivity contribution in [2.24, 2.45) is 23.7 Å². The number of aromatic carboxylic acids is 1. The van der Waals surface area contributed by atoms with Crippen molar-refractivity contribution in [2.45, 2.75) is 24.2 Å². The molecule has 2 aliphatic carbocycles. The fourth-order valence-electron chi connectivity index (χ4n) is 9.22. The lowest BCUT2D eigenvalue weighted by molar-refractivity contribution is -0.138. The minimum Gasteiger partial charge on any atom is -0.508 e. The van der Waals surface area contributed by atoms with E-state index in [1.165, 1.54) is 38.5 Å². The number of allylic oxidation sites excluding steroid dienone is 2. The highest BCUT2D eigenvalue weighted by atomic mass is 35.5. The Balaban J connectivity index is 1.33. The van der Waals surface area contributed by atoms with Crippen molar-refractivity contribution < 1.29 is 48.8 Å². The number of rotatable bonds is 8. The number of halogens is 2. The Bertz CT molecular complexity index is 2400. The molecule has 4 aromatic carbocycles. The van der Waals surface area contributed by atoms with Crippen LogP contribution in [0.3, 0.4) is 0 Å². The normalized spacial score (nSPS) is 25.4. The molecule has 2 saturated heterocycles. The summed E-state index contributed by atoms with van der Waals surface area (Å²) < 4.78 is 11.3. The molecule has 4 amide bonds. The lowest BCUT2D eigenvalue weighted by atomic mass is 9.49. The third-order valence-corrected chi connectivity index (χ3v) is 12.1. The van der Waals surface area contributed by atoms with Gasteiger partial charge in [0.2, 0.25) is 11.8 Å². The number of ether oxygens (including phenoxy) is 2. The summed E-state index contributed by atoms with van der Waals surface area (Å²) in [5.41, 5.74) is 2.67. The zero-order valence-corrected chi connectivity index (χ0v) is 31.2. The van der Waals surface area contributed by atoms with E-state index in [-0.39, 0.29) is 40.7 Å². The Morgan fingerprint density at radius 2 is 1.61 bits per heavy atom. The Kier molecular flexibility index (Phi) is 8.97. The predicted molar refractivity (Wildman–Crippen MR) is 203 cm³/mol. The largest absolute Gasteiger partial charge is 0.508 e. The van der Waals surface area contributed by atoms with Gasteiger partial charge in [-0.3, -0.25) is 24.6 Å². The van der Waals surface area contributed by atoms with Gasteiger partial charge in [-0.15, -0.1) is 0 Å². The molecule has 3 fully saturated rings. The Morgan fingerprint density at radius 1 is 0.857 bits per heavy atom. The number of hydrogen-bond donors (Lipinski definition) is 4. The van der Waals surface area contributed by atoms with Crippen LogP contribution in [-0.2, 0) is 24.6 Å². The van der Waals surface area contributed by atoms with Gasteiger partial charge in [-0.2, -0.15) is 5.01 Å². The summed E-state index contributed by atoms with van der Waals surface area (Å²) in [6.07, 6.45) is 1.93. The van der Waals surface area contributed by atoms with Gasteiger partial charge in [-0.1, -0.05) is 53.1 Å². The van der Waals surface area contributed by atoms with Crippen LogP contribution in [0.5, 0.6) is 23.0 Å². The molecule has 2 heterocycles. The van der Waals surface area contributed by atoms with Crippen molar-refractivity contribution >= 4 is 64.2 Å². The number of imide groups is 2. The zero-order valence-electron chi connectivity index (χ0n) is 29.7. The van der Waals surface area contributed by atoms with Crippen molar-refractivity contribution in [1.29, 1.82) is 0 Å². The minimum atomic E-state index is -1.67. The molecule has 56 heavy (non-hydrogen) atoms. The molecule has 4 aromatic rings. The quantitative estimate of drug-likeness (QED) is 0.116. The van der Waals surface area contributed by atoms with Crippen LogP contribution in [0.1, 0.15) is 40.2 Å². The van der Waals surface area contributed by atoms with E-state index in [1.54, 1.807) is 42.5 Å². The van der Waals surface area contributed by atoms with Crippen LogP contribution in [0.2, 0.25) is 10.0 Å². The van der Waals surface area contributed by atoms with Crippen molar-refractivity contribution in [3.63, 3.8) is 0 Å². The highest BCUT2D eigenvalue weighted by Gasteiger charge is 2.70. The summed E-state index contributed by atoms with van der Waals surface area (Å²) in [5.74, 6) is -8.43. The summed E-state index contributed by atoms with van der Waals surface area (Å²) in [5, 5.41) is 31.9. The van der Waals surface area contributed by atoms with Crippen LogP contribution in [0.4, 0.5) is 11.4 Å². The van der Waals surface area contributed by atoms with Crippen LogP contribution in [0.25, 0.3) is 0 Å². The summed E-state index contributed by atoms with van der Waals surface area (Å²) >= 11 is 12.7. The number of carboxylic acids is 1. The number of phenols is 2. The van der Waals surface area contributed by atoms with E-state index in [1.807, 2.05) is 6.08 Å². The van der Waals surface area contributed by atoms with Gasteiger partial charge in [0.15, 0.2) is 0 Å². The Hall–Kier alpha value is -6.05. The maximum Gasteiger partial charge on any atom is 0.339 e. The third kappa shape index (κ3) is 5.40. The SMILES string of the molecule is COc1ccc([C@@]23C(=O)N(Nc4ccc(Cl)cc4Cl)C(=O)[C@@H]2C[C@@H]2C(=CC[C@@H]4C(=O)N(c5ccc(C(=O)O)c(O)c5)C(=O)[C@@H]42)[C@@H]3c2ccc(O)cc2OC)cc1. The molecule has 4 N–H and O–H groups in total. The first-order valence-corrected chi connectivity index (χ1v) is 18.3. The van der Waals surface area contributed by atoms with Crippen molar-refractivity contribution in [2.75, 3.05) is 24.5 Å². The standard InChI is InChI=1S/C41H33Cl2N3O10/c1-55-23-8-3-19(4-9-23)41-29(37(50)46(40(41)54)44-31-14-5-20(42)15-30(31)43)18-28-24(35(41)26-11-7-22(47)17-33(26)56-2)12-13-27-34(28)38(51)45(36(27)49)21-6-10-25(39(52)53)32(48)16-21/h3-12,14-17,27-29,34-35,44,47-48H,13,18H2,1-2H3,(H,52,53)/t27-,28+,29-,34-,35+,41+/m0/s1. The van der Waals surface area contributed by atoms with Gasteiger partial charge in [0.05, 0.1) is 53.8 Å². The number of benzene rings is 4. The number of methoxy groups -OCH3 is 2. The van der Waals surface area contributed by atoms with E-state index in [0.29, 0.717) is 27.5 Å². The Labute approximate surface area is 329 Å². The average Bonchev–Trinajstić information content (AvgIpc) is 3.56. The van der Waals surface area contributed by atoms with E-state index in [0.717, 1.165) is 22.0 Å². The monoisotopic (exact) mass is 797 g/mol. The molecule has 0 aromatic heterocycles. The van der Waals surface area contributed by atoms with E-state index in [2.05, 4.69) is 5.43 Å². The number of hydrazine groups is 1. The Morgan fingerprint density at radius 3 is 2.27 bits per heavy atom. The first-order chi connectivity index (χ1) is 26.8. The molecule has 4 aliphatic rings. The highest BCUT2D eigenvalue weighted by molar-refractivity contribution is 6.36. The number of amides is 4. The van der Waals surface area contributed by atoms with Gasteiger partial charge in [0.25, 0.3) is 11.8 Å². The zero-order chi connectivity index (χ0) is 39.8. The summed E-state index contributed by atoms with van der Waals surface area (Å²) in [4.78, 5) is 71.7. The number of carbonyl (C=O) groups excluding carboxylic acids is 4. The number of hydrogen-bond acceptors (Lipinski definition) is 10. The molecular formula is C41H33Cl2N3O10.